The number of carbonyl (C=O) groups excluding carboxylic acids is 2. The van der Waals surface area contributed by atoms with Crippen LogP contribution < -0.4 is 5.32 Å². The Balaban J connectivity index is 1.57. The van der Waals surface area contributed by atoms with Crippen LogP contribution in [0, 0.1) is 0 Å². The van der Waals surface area contributed by atoms with Gasteiger partial charge in [-0.05, 0) is 24.3 Å². The molecule has 3 amide bonds. The lowest BCUT2D eigenvalue weighted by atomic mass is 10.2. The van der Waals surface area contributed by atoms with Gasteiger partial charge in [-0.25, -0.2) is 4.79 Å². The lowest BCUT2D eigenvalue weighted by molar-refractivity contribution is -0.124. The Morgan fingerprint density at radius 2 is 2.22 bits per heavy atom. The second-order valence-corrected chi connectivity index (χ2v) is 6.72. The minimum absolute atomic E-state index is 0.0940. The van der Waals surface area contributed by atoms with Crippen LogP contribution >= 0.6 is 11.8 Å². The monoisotopic (exact) mass is 384 g/mol. The summed E-state index contributed by atoms with van der Waals surface area (Å²) < 4.78 is 7.32. The van der Waals surface area contributed by atoms with E-state index in [-0.39, 0.29) is 17.7 Å². The Morgan fingerprint density at radius 3 is 2.93 bits per heavy atom. The number of furan rings is 1. The molecule has 3 aromatic rings. The molecule has 10 heteroatoms. The molecular weight excluding hydrogens is 368 g/mol. The van der Waals surface area contributed by atoms with Crippen molar-refractivity contribution in [3.05, 3.63) is 48.7 Å². The normalized spacial score (nSPS) is 13.8. The summed E-state index contributed by atoms with van der Waals surface area (Å²) in [6, 6.07) is 7.04. The minimum Gasteiger partial charge on any atom is -0.467 e. The van der Waals surface area contributed by atoms with Crippen molar-refractivity contribution < 1.29 is 14.0 Å². The number of amides is 3. The highest BCUT2D eigenvalue weighted by Gasteiger charge is 2.26. The molecule has 1 fully saturated rings. The van der Waals surface area contributed by atoms with Crippen molar-refractivity contribution in [3.63, 3.8) is 0 Å². The topological polar surface area (TPSA) is 106 Å². The molecule has 1 aliphatic rings. The van der Waals surface area contributed by atoms with Gasteiger partial charge in [0.15, 0.2) is 11.0 Å². The number of hydrogen-bond acceptors (Lipinski definition) is 7. The van der Waals surface area contributed by atoms with E-state index in [9.17, 15) is 9.59 Å². The van der Waals surface area contributed by atoms with E-state index in [4.69, 9.17) is 4.42 Å². The van der Waals surface area contributed by atoms with Crippen LogP contribution in [0.3, 0.4) is 0 Å². The molecule has 9 nitrogen and oxygen atoms in total. The fraction of sp³-hybridized carbons (Fsp3) is 0.235. The first-order valence-corrected chi connectivity index (χ1v) is 9.28. The zero-order chi connectivity index (χ0) is 18.6. The van der Waals surface area contributed by atoms with Gasteiger partial charge in [0.25, 0.3) is 0 Å². The van der Waals surface area contributed by atoms with Gasteiger partial charge in [0.2, 0.25) is 5.91 Å². The van der Waals surface area contributed by atoms with E-state index in [0.717, 1.165) is 11.3 Å². The lowest BCUT2D eigenvalue weighted by Gasteiger charge is -2.12. The van der Waals surface area contributed by atoms with E-state index in [1.807, 2.05) is 28.8 Å². The largest absolute Gasteiger partial charge is 0.467 e. The van der Waals surface area contributed by atoms with Gasteiger partial charge in [0.1, 0.15) is 5.76 Å². The maximum absolute atomic E-state index is 12.3. The summed E-state index contributed by atoms with van der Waals surface area (Å²) in [5.41, 5.74) is 0.814. The first-order chi connectivity index (χ1) is 13.2. The summed E-state index contributed by atoms with van der Waals surface area (Å²) >= 11 is 1.24. The Morgan fingerprint density at radius 1 is 1.30 bits per heavy atom. The average Bonchev–Trinajstić information content (AvgIpc) is 3.43. The second-order valence-electron chi connectivity index (χ2n) is 5.78. The molecule has 4 rings (SSSR count). The maximum Gasteiger partial charge on any atom is 0.324 e. The molecule has 0 aliphatic carbocycles. The van der Waals surface area contributed by atoms with Crippen LogP contribution in [0.4, 0.5) is 4.79 Å². The first-order valence-electron chi connectivity index (χ1n) is 8.29. The number of thioether (sulfide) groups is 1. The summed E-state index contributed by atoms with van der Waals surface area (Å²) in [5, 5.41) is 11.7. The standard InChI is InChI=1S/C17H16N6O3S/c24-14(22-7-6-19-16(22)25)11-27-17-21-20-15(12-3-1-5-18-9-12)23(17)10-13-4-2-8-26-13/h1-5,8-9H,6-7,10-11H2,(H,19,25). The summed E-state index contributed by atoms with van der Waals surface area (Å²) in [7, 11) is 0. The molecule has 0 bridgehead atoms. The van der Waals surface area contributed by atoms with Crippen molar-refractivity contribution in [1.82, 2.24) is 30.0 Å². The lowest BCUT2D eigenvalue weighted by Crippen LogP contribution is -2.35. The third-order valence-corrected chi connectivity index (χ3v) is 4.96. The van der Waals surface area contributed by atoms with E-state index in [2.05, 4.69) is 20.5 Å². The molecule has 0 aromatic carbocycles. The molecule has 138 valence electrons. The fourth-order valence-electron chi connectivity index (χ4n) is 2.72. The summed E-state index contributed by atoms with van der Waals surface area (Å²) in [4.78, 5) is 29.3. The number of hydrogen-bond donors (Lipinski definition) is 1. The Bertz CT molecular complexity index is 941. The molecule has 3 aromatic heterocycles. The van der Waals surface area contributed by atoms with E-state index in [1.165, 1.54) is 16.7 Å². The van der Waals surface area contributed by atoms with E-state index < -0.39 is 0 Å². The number of imide groups is 1. The van der Waals surface area contributed by atoms with Crippen LogP contribution in [0.15, 0.2) is 52.5 Å². The highest BCUT2D eigenvalue weighted by atomic mass is 32.2. The predicted molar refractivity (Wildman–Crippen MR) is 96.9 cm³/mol. The number of urea groups is 1. The van der Waals surface area contributed by atoms with Crippen LogP contribution in [0.5, 0.6) is 0 Å². The van der Waals surface area contributed by atoms with Crippen molar-refractivity contribution >= 4 is 23.7 Å². The number of carbonyl (C=O) groups is 2. The predicted octanol–water partition coefficient (Wildman–Crippen LogP) is 1.63. The third kappa shape index (κ3) is 3.70. The minimum atomic E-state index is -0.353. The molecular formula is C17H16N6O3S. The zero-order valence-corrected chi connectivity index (χ0v) is 15.1. The Kier molecular flexibility index (Phi) is 4.88. The van der Waals surface area contributed by atoms with E-state index >= 15 is 0 Å². The van der Waals surface area contributed by atoms with Crippen LogP contribution in [0.1, 0.15) is 5.76 Å². The van der Waals surface area contributed by atoms with Gasteiger partial charge in [-0.1, -0.05) is 11.8 Å². The highest BCUT2D eigenvalue weighted by molar-refractivity contribution is 7.99. The van der Waals surface area contributed by atoms with Crippen molar-refractivity contribution in [2.75, 3.05) is 18.8 Å². The van der Waals surface area contributed by atoms with Crippen molar-refractivity contribution in [2.24, 2.45) is 0 Å². The molecule has 0 unspecified atom stereocenters. The van der Waals surface area contributed by atoms with Crippen molar-refractivity contribution in [2.45, 2.75) is 11.7 Å². The van der Waals surface area contributed by atoms with E-state index in [0.29, 0.717) is 30.6 Å². The molecule has 0 atom stereocenters. The van der Waals surface area contributed by atoms with Gasteiger partial charge in [-0.3, -0.25) is 19.2 Å². The average molecular weight is 384 g/mol. The van der Waals surface area contributed by atoms with Crippen LogP contribution in [-0.4, -0.2) is 55.4 Å². The number of nitrogens with one attached hydrogen (secondary N) is 1. The van der Waals surface area contributed by atoms with E-state index in [1.54, 1.807) is 18.7 Å². The molecule has 0 radical (unpaired) electrons. The quantitative estimate of drug-likeness (QED) is 0.644. The van der Waals surface area contributed by atoms with Crippen molar-refractivity contribution in [1.29, 1.82) is 0 Å². The molecule has 4 heterocycles. The number of rotatable bonds is 6. The summed E-state index contributed by atoms with van der Waals surface area (Å²) in [6.45, 7) is 1.29. The molecule has 0 saturated carbocycles. The second kappa shape index (κ2) is 7.62. The van der Waals surface area contributed by atoms with Gasteiger partial charge in [0, 0.05) is 31.0 Å². The third-order valence-electron chi connectivity index (χ3n) is 4.01. The van der Waals surface area contributed by atoms with Crippen LogP contribution in [0.2, 0.25) is 0 Å². The maximum atomic E-state index is 12.3. The summed E-state index contributed by atoms with van der Waals surface area (Å²) in [5.74, 6) is 1.21. The smallest absolute Gasteiger partial charge is 0.324 e. The van der Waals surface area contributed by atoms with Crippen LogP contribution in [-0.2, 0) is 11.3 Å². The Hall–Kier alpha value is -3.14. The number of pyridine rings is 1. The van der Waals surface area contributed by atoms with Crippen molar-refractivity contribution in [3.8, 4) is 11.4 Å². The Labute approximate surface area is 158 Å². The van der Waals surface area contributed by atoms with Gasteiger partial charge >= 0.3 is 6.03 Å². The molecule has 0 spiro atoms. The highest BCUT2D eigenvalue weighted by Crippen LogP contribution is 2.25. The van der Waals surface area contributed by atoms with Crippen LogP contribution in [0.25, 0.3) is 11.4 Å². The number of nitrogens with zero attached hydrogens (tertiary/aromatic N) is 5. The number of aromatic nitrogens is 4. The molecule has 1 N–H and O–H groups in total. The van der Waals surface area contributed by atoms with Gasteiger partial charge in [-0.2, -0.15) is 0 Å². The van der Waals surface area contributed by atoms with Gasteiger partial charge < -0.3 is 9.73 Å². The fourth-order valence-corrected chi connectivity index (χ4v) is 3.53. The molecule has 1 aliphatic heterocycles. The zero-order valence-electron chi connectivity index (χ0n) is 14.2. The summed E-state index contributed by atoms with van der Waals surface area (Å²) in [6.07, 6.45) is 4.99. The van der Waals surface area contributed by atoms with Gasteiger partial charge in [-0.15, -0.1) is 10.2 Å². The first kappa shape index (κ1) is 17.3. The molecule has 27 heavy (non-hydrogen) atoms. The molecule has 1 saturated heterocycles. The van der Waals surface area contributed by atoms with Gasteiger partial charge in [0.05, 0.1) is 18.6 Å². The SMILES string of the molecule is O=C(CSc1nnc(-c2cccnc2)n1Cc1ccco1)N1CCNC1=O.